The van der Waals surface area contributed by atoms with E-state index in [0.29, 0.717) is 12.2 Å². The second-order valence-corrected chi connectivity index (χ2v) is 8.34. The summed E-state index contributed by atoms with van der Waals surface area (Å²) in [6.45, 7) is 6.51. The largest absolute Gasteiger partial charge is 0.478 e. The van der Waals surface area contributed by atoms with Gasteiger partial charge in [-0.05, 0) is 49.6 Å². The van der Waals surface area contributed by atoms with E-state index in [1.807, 2.05) is 12.3 Å². The third-order valence-electron chi connectivity index (χ3n) is 5.83. The van der Waals surface area contributed by atoms with Gasteiger partial charge in [0.15, 0.2) is 0 Å². The lowest BCUT2D eigenvalue weighted by atomic mass is 10.0. The Hall–Kier alpha value is -3.72. The van der Waals surface area contributed by atoms with Crippen molar-refractivity contribution in [3.05, 3.63) is 66.4 Å². The summed E-state index contributed by atoms with van der Waals surface area (Å²) in [6, 6.07) is 14.7. The summed E-state index contributed by atoms with van der Waals surface area (Å²) in [5.74, 6) is -0.257. The number of fused-ring (bicyclic) bond motifs is 1. The molecular weight excluding hydrogens is 446 g/mol. The van der Waals surface area contributed by atoms with E-state index in [2.05, 4.69) is 56.5 Å². The first kappa shape index (κ1) is 25.9. The average molecular weight is 480 g/mol. The van der Waals surface area contributed by atoms with Crippen LogP contribution in [-0.4, -0.2) is 77.1 Å². The average Bonchev–Trinajstić information content (AvgIpc) is 2.88. The number of aromatic nitrogens is 1. The number of nitrogens with one attached hydrogen (secondary N) is 1. The number of aliphatic imine (C=N–C) groups is 1. The molecule has 0 unspecified atom stereocenters. The highest BCUT2D eigenvalue weighted by molar-refractivity contribution is 5.98. The summed E-state index contributed by atoms with van der Waals surface area (Å²) >= 11 is 0. The number of hydrogen-bond donors (Lipinski definition) is 3. The molecule has 4 rings (SSSR count). The zero-order valence-corrected chi connectivity index (χ0v) is 19.8. The number of anilines is 2. The molecule has 35 heavy (non-hydrogen) atoms. The van der Waals surface area contributed by atoms with Crippen LogP contribution in [0, 0.1) is 0 Å². The standard InChI is InChI=1S/C22H29N5.C4H4O4/c1-2-8-20-19(7-1)10-11-21(25-20)23-12-5-6-14-26-15-17-27(18-16-26)22-9-3-4-13-24-22;5-3(6)1-2-4(7)8/h1-4,7-9,13H,5-6,10-12,14-18H2,(H,23,25);1-2H,(H,5,6)(H,7,8)/b;2-1+. The maximum atomic E-state index is 9.55. The van der Waals surface area contributed by atoms with Gasteiger partial charge in [-0.1, -0.05) is 24.3 Å². The smallest absolute Gasteiger partial charge is 0.328 e. The third kappa shape index (κ3) is 9.21. The molecule has 2 aliphatic rings. The van der Waals surface area contributed by atoms with Crippen LogP contribution >= 0.6 is 0 Å². The van der Waals surface area contributed by atoms with Gasteiger partial charge < -0.3 is 20.4 Å². The number of carboxylic acid groups (broad SMARTS) is 2. The summed E-state index contributed by atoms with van der Waals surface area (Å²) < 4.78 is 0. The minimum absolute atomic E-state index is 0.558. The number of aliphatic carboxylic acids is 2. The molecule has 0 radical (unpaired) electrons. The van der Waals surface area contributed by atoms with Crippen LogP contribution in [0.5, 0.6) is 0 Å². The van der Waals surface area contributed by atoms with Gasteiger partial charge in [0.1, 0.15) is 11.7 Å². The molecule has 2 aliphatic heterocycles. The van der Waals surface area contributed by atoms with Gasteiger partial charge >= 0.3 is 11.9 Å². The third-order valence-corrected chi connectivity index (χ3v) is 5.83. The number of pyridine rings is 1. The lowest BCUT2D eigenvalue weighted by Gasteiger charge is -2.35. The van der Waals surface area contributed by atoms with Crippen LogP contribution in [0.3, 0.4) is 0 Å². The number of unbranched alkanes of at least 4 members (excludes halogenated alkanes) is 1. The van der Waals surface area contributed by atoms with Gasteiger partial charge in [-0.2, -0.15) is 0 Å². The quantitative estimate of drug-likeness (QED) is 0.390. The fraction of sp³-hybridized carbons (Fsp3) is 0.385. The van der Waals surface area contributed by atoms with Crippen LogP contribution < -0.4 is 10.2 Å². The molecule has 3 heterocycles. The number of hydrogen-bond acceptors (Lipinski definition) is 6. The number of para-hydroxylation sites is 1. The Morgan fingerprint density at radius 3 is 2.34 bits per heavy atom. The van der Waals surface area contributed by atoms with Gasteiger partial charge in [-0.15, -0.1) is 0 Å². The summed E-state index contributed by atoms with van der Waals surface area (Å²) in [5, 5.41) is 19.1. The van der Waals surface area contributed by atoms with Crippen molar-refractivity contribution in [3.63, 3.8) is 0 Å². The van der Waals surface area contributed by atoms with Crippen molar-refractivity contribution in [1.29, 1.82) is 0 Å². The van der Waals surface area contributed by atoms with Crippen molar-refractivity contribution in [2.75, 3.05) is 49.5 Å². The van der Waals surface area contributed by atoms with Crippen molar-refractivity contribution < 1.29 is 19.8 Å². The predicted molar refractivity (Wildman–Crippen MR) is 137 cm³/mol. The number of aryl methyl sites for hydroxylation is 1. The molecular formula is C26H33N5O4. The zero-order chi connectivity index (χ0) is 24.9. The van der Waals surface area contributed by atoms with Crippen molar-refractivity contribution in [2.45, 2.75) is 25.7 Å². The van der Waals surface area contributed by atoms with E-state index in [9.17, 15) is 9.59 Å². The number of amidine groups is 1. The summed E-state index contributed by atoms with van der Waals surface area (Å²) in [7, 11) is 0. The number of carbonyl (C=O) groups is 2. The van der Waals surface area contributed by atoms with E-state index >= 15 is 0 Å². The van der Waals surface area contributed by atoms with Gasteiger partial charge in [-0.25, -0.2) is 14.6 Å². The van der Waals surface area contributed by atoms with E-state index in [1.54, 1.807) is 0 Å². The molecule has 186 valence electrons. The minimum Gasteiger partial charge on any atom is -0.478 e. The molecule has 1 aromatic carbocycles. The maximum Gasteiger partial charge on any atom is 0.328 e. The second kappa shape index (κ2) is 13.9. The lowest BCUT2D eigenvalue weighted by molar-refractivity contribution is -0.134. The molecule has 0 atom stereocenters. The fourth-order valence-electron chi connectivity index (χ4n) is 4.00. The molecule has 9 nitrogen and oxygen atoms in total. The number of piperazine rings is 1. The van der Waals surface area contributed by atoms with Crippen molar-refractivity contribution in [3.8, 4) is 0 Å². The maximum absolute atomic E-state index is 9.55. The fourth-order valence-corrected chi connectivity index (χ4v) is 4.00. The highest BCUT2D eigenvalue weighted by atomic mass is 16.4. The van der Waals surface area contributed by atoms with E-state index in [4.69, 9.17) is 15.2 Å². The van der Waals surface area contributed by atoms with Crippen LogP contribution in [0.1, 0.15) is 24.8 Å². The van der Waals surface area contributed by atoms with E-state index in [1.165, 1.54) is 24.2 Å². The van der Waals surface area contributed by atoms with Crippen molar-refractivity contribution >= 4 is 29.3 Å². The molecule has 0 aliphatic carbocycles. The van der Waals surface area contributed by atoms with E-state index in [0.717, 1.165) is 63.6 Å². The highest BCUT2D eigenvalue weighted by Gasteiger charge is 2.17. The Labute approximate surface area is 205 Å². The molecule has 0 spiro atoms. The molecule has 9 heteroatoms. The van der Waals surface area contributed by atoms with Gasteiger partial charge in [0, 0.05) is 63.2 Å². The molecule has 1 aromatic heterocycles. The monoisotopic (exact) mass is 479 g/mol. The van der Waals surface area contributed by atoms with E-state index in [-0.39, 0.29) is 0 Å². The number of benzene rings is 1. The highest BCUT2D eigenvalue weighted by Crippen LogP contribution is 2.22. The van der Waals surface area contributed by atoms with Gasteiger partial charge in [0.25, 0.3) is 0 Å². The Kier molecular flexibility index (Phi) is 10.3. The van der Waals surface area contributed by atoms with Crippen LogP contribution in [0.4, 0.5) is 11.5 Å². The van der Waals surface area contributed by atoms with Gasteiger partial charge in [0.2, 0.25) is 0 Å². The molecule has 1 fully saturated rings. The molecule has 0 saturated carbocycles. The van der Waals surface area contributed by atoms with Crippen molar-refractivity contribution in [1.82, 2.24) is 9.88 Å². The second-order valence-electron chi connectivity index (χ2n) is 8.34. The molecule has 1 saturated heterocycles. The molecule has 3 N–H and O–H groups in total. The van der Waals surface area contributed by atoms with Gasteiger partial charge in [-0.3, -0.25) is 9.89 Å². The molecule has 0 amide bonds. The van der Waals surface area contributed by atoms with E-state index < -0.39 is 11.9 Å². The van der Waals surface area contributed by atoms with Crippen LogP contribution in [0.15, 0.2) is 65.8 Å². The molecule has 2 aromatic rings. The SMILES string of the molecule is O=C(O)/C=C/C(=O)O.c1ccc(N2CCN(CCCCN=C3CCc4ccccc4N3)CC2)nc1. The Balaban J connectivity index is 0.000000371. The first-order valence-corrected chi connectivity index (χ1v) is 11.9. The summed E-state index contributed by atoms with van der Waals surface area (Å²) in [6.07, 6.45) is 7.51. The first-order valence-electron chi connectivity index (χ1n) is 11.9. The summed E-state index contributed by atoms with van der Waals surface area (Å²) in [5.41, 5.74) is 2.63. The van der Waals surface area contributed by atoms with Crippen molar-refractivity contribution in [2.24, 2.45) is 4.99 Å². The number of carboxylic acids is 2. The van der Waals surface area contributed by atoms with Gasteiger partial charge in [0.05, 0.1) is 0 Å². The Bertz CT molecular complexity index is 1000. The van der Waals surface area contributed by atoms with Crippen LogP contribution in [0.25, 0.3) is 0 Å². The minimum atomic E-state index is -1.26. The predicted octanol–water partition coefficient (Wildman–Crippen LogP) is 3.15. The molecule has 0 bridgehead atoms. The number of rotatable bonds is 8. The Morgan fingerprint density at radius 1 is 0.943 bits per heavy atom. The normalized spacial score (nSPS) is 16.8. The summed E-state index contributed by atoms with van der Waals surface area (Å²) in [4.78, 5) is 33.3. The topological polar surface area (TPSA) is 118 Å². The Morgan fingerprint density at radius 2 is 1.66 bits per heavy atom. The zero-order valence-electron chi connectivity index (χ0n) is 19.8. The first-order chi connectivity index (χ1) is 17.0. The lowest BCUT2D eigenvalue weighted by Crippen LogP contribution is -2.46. The van der Waals surface area contributed by atoms with Crippen LogP contribution in [0.2, 0.25) is 0 Å². The number of nitrogens with zero attached hydrogens (tertiary/aromatic N) is 4. The van der Waals surface area contributed by atoms with Crippen LogP contribution in [-0.2, 0) is 16.0 Å².